The second-order valence-corrected chi connectivity index (χ2v) is 11.7. The summed E-state index contributed by atoms with van der Waals surface area (Å²) in [7, 11) is 0. The quantitative estimate of drug-likeness (QED) is 0.502. The van der Waals surface area contributed by atoms with Gasteiger partial charge in [-0.05, 0) is 64.5 Å². The van der Waals surface area contributed by atoms with Crippen molar-refractivity contribution < 1.29 is 28.6 Å². The lowest BCUT2D eigenvalue weighted by molar-refractivity contribution is -0.139. The fraction of sp³-hybridized carbons (Fsp3) is 0.621. The molecule has 0 aromatic heterocycles. The summed E-state index contributed by atoms with van der Waals surface area (Å²) in [6.07, 6.45) is 6.50. The number of nitrogens with one attached hydrogen (secondary N) is 2. The SMILES string of the molecule is CC(C)(C)OC(=O)N1CCCC2(COC/C=C/Cc3ccccc3C(=O)NC3(CCOCC3)CNC2=O)C1. The van der Waals surface area contributed by atoms with Crippen LogP contribution in [-0.2, 0) is 25.4 Å². The number of hydrogen-bond donors (Lipinski definition) is 2. The molecule has 2 N–H and O–H groups in total. The molecule has 1 aromatic carbocycles. The van der Waals surface area contributed by atoms with E-state index in [2.05, 4.69) is 10.6 Å². The van der Waals surface area contributed by atoms with E-state index in [1.165, 1.54) is 0 Å². The van der Waals surface area contributed by atoms with Crippen molar-refractivity contribution in [2.24, 2.45) is 5.41 Å². The summed E-state index contributed by atoms with van der Waals surface area (Å²) in [6.45, 7) is 8.02. The molecule has 9 heteroatoms. The minimum atomic E-state index is -0.914. The topological polar surface area (TPSA) is 106 Å². The van der Waals surface area contributed by atoms with Crippen LogP contribution in [0.1, 0.15) is 62.4 Å². The Morgan fingerprint density at radius 2 is 1.82 bits per heavy atom. The van der Waals surface area contributed by atoms with E-state index < -0.39 is 22.6 Å². The van der Waals surface area contributed by atoms with Crippen molar-refractivity contribution in [2.45, 2.75) is 64.0 Å². The summed E-state index contributed by atoms with van der Waals surface area (Å²) in [4.78, 5) is 41.8. The van der Waals surface area contributed by atoms with Crippen LogP contribution in [-0.4, -0.2) is 80.0 Å². The van der Waals surface area contributed by atoms with Crippen molar-refractivity contribution >= 4 is 17.9 Å². The van der Waals surface area contributed by atoms with Gasteiger partial charge in [0.15, 0.2) is 0 Å². The predicted molar refractivity (Wildman–Crippen MR) is 143 cm³/mol. The molecule has 0 radical (unpaired) electrons. The zero-order valence-corrected chi connectivity index (χ0v) is 22.8. The smallest absolute Gasteiger partial charge is 0.410 e. The maximum Gasteiger partial charge on any atom is 0.410 e. The highest BCUT2D eigenvalue weighted by molar-refractivity contribution is 5.96. The van der Waals surface area contributed by atoms with Gasteiger partial charge in [0.05, 0.1) is 24.2 Å². The van der Waals surface area contributed by atoms with E-state index in [1.54, 1.807) is 4.90 Å². The van der Waals surface area contributed by atoms with Gasteiger partial charge >= 0.3 is 6.09 Å². The Bertz CT molecular complexity index is 1040. The molecule has 208 valence electrons. The van der Waals surface area contributed by atoms with Gasteiger partial charge in [-0.25, -0.2) is 4.79 Å². The highest BCUT2D eigenvalue weighted by Crippen LogP contribution is 2.33. The Labute approximate surface area is 225 Å². The molecule has 1 aromatic rings. The number of benzene rings is 1. The van der Waals surface area contributed by atoms with E-state index in [1.807, 2.05) is 57.2 Å². The molecule has 38 heavy (non-hydrogen) atoms. The van der Waals surface area contributed by atoms with Gasteiger partial charge in [0.2, 0.25) is 5.91 Å². The molecule has 1 atom stereocenters. The highest BCUT2D eigenvalue weighted by atomic mass is 16.6. The number of nitrogens with zero attached hydrogens (tertiary/aromatic N) is 1. The second-order valence-electron chi connectivity index (χ2n) is 11.7. The molecule has 4 rings (SSSR count). The number of allylic oxidation sites excluding steroid dienone is 1. The molecule has 0 saturated carbocycles. The zero-order valence-electron chi connectivity index (χ0n) is 22.8. The van der Waals surface area contributed by atoms with Crippen molar-refractivity contribution in [1.29, 1.82) is 0 Å². The van der Waals surface area contributed by atoms with Gasteiger partial charge in [0.1, 0.15) is 5.60 Å². The molecule has 1 unspecified atom stereocenters. The van der Waals surface area contributed by atoms with Crippen molar-refractivity contribution in [3.8, 4) is 0 Å². The maximum absolute atomic E-state index is 13.9. The Kier molecular flexibility index (Phi) is 8.78. The molecule has 3 amide bonds. The first-order valence-electron chi connectivity index (χ1n) is 13.6. The number of piperidine rings is 1. The van der Waals surface area contributed by atoms with Crippen LogP contribution in [0, 0.1) is 5.41 Å². The van der Waals surface area contributed by atoms with Crippen molar-refractivity contribution in [2.75, 3.05) is 46.1 Å². The van der Waals surface area contributed by atoms with Gasteiger partial charge < -0.3 is 29.7 Å². The normalized spacial score (nSPS) is 25.9. The number of ether oxygens (including phenoxy) is 3. The van der Waals surface area contributed by atoms with Gasteiger partial charge in [-0.1, -0.05) is 30.4 Å². The van der Waals surface area contributed by atoms with Crippen LogP contribution >= 0.6 is 0 Å². The number of amides is 3. The number of fused-ring (bicyclic) bond motifs is 1. The summed E-state index contributed by atoms with van der Waals surface area (Å²) < 4.78 is 17.2. The maximum atomic E-state index is 13.9. The lowest BCUT2D eigenvalue weighted by Gasteiger charge is -2.43. The Morgan fingerprint density at radius 3 is 2.58 bits per heavy atom. The highest BCUT2D eigenvalue weighted by Gasteiger charge is 2.46. The molecule has 9 nitrogen and oxygen atoms in total. The van der Waals surface area contributed by atoms with E-state index in [4.69, 9.17) is 14.2 Å². The van der Waals surface area contributed by atoms with E-state index in [0.29, 0.717) is 64.0 Å². The monoisotopic (exact) mass is 527 g/mol. The second kappa shape index (κ2) is 11.9. The van der Waals surface area contributed by atoms with Gasteiger partial charge in [-0.15, -0.1) is 0 Å². The fourth-order valence-electron chi connectivity index (χ4n) is 5.36. The fourth-order valence-corrected chi connectivity index (χ4v) is 5.36. The minimum absolute atomic E-state index is 0.153. The van der Waals surface area contributed by atoms with E-state index >= 15 is 0 Å². The Hall–Kier alpha value is -2.91. The first-order chi connectivity index (χ1) is 18.1. The van der Waals surface area contributed by atoms with Gasteiger partial charge in [0, 0.05) is 38.4 Å². The number of likely N-dealkylation sites (tertiary alicyclic amines) is 1. The zero-order chi connectivity index (χ0) is 27.2. The first-order valence-corrected chi connectivity index (χ1v) is 13.6. The number of carbonyl (C=O) groups is 3. The van der Waals surface area contributed by atoms with E-state index in [9.17, 15) is 14.4 Å². The Balaban J connectivity index is 1.60. The van der Waals surface area contributed by atoms with Crippen LogP contribution in [0.5, 0.6) is 0 Å². The van der Waals surface area contributed by atoms with Crippen LogP contribution < -0.4 is 10.6 Å². The van der Waals surface area contributed by atoms with Crippen LogP contribution in [0.15, 0.2) is 36.4 Å². The standard InChI is InChI=1S/C29H41N3O6/c1-27(2,3)38-26(35)32-15-8-12-28(20-32)21-37-16-7-6-10-22-9-4-5-11-23(22)24(33)31-29(19-30-25(28)34)13-17-36-18-14-29/h4-7,9,11H,8,10,12-21H2,1-3H3,(H,30,34)(H,31,33)/b7-6+. The van der Waals surface area contributed by atoms with E-state index in [-0.39, 0.29) is 31.5 Å². The van der Waals surface area contributed by atoms with Gasteiger partial charge in [0.25, 0.3) is 5.91 Å². The Morgan fingerprint density at radius 1 is 1.05 bits per heavy atom. The van der Waals surface area contributed by atoms with Crippen LogP contribution in [0.3, 0.4) is 0 Å². The number of carbonyl (C=O) groups excluding carboxylic acids is 3. The third kappa shape index (κ3) is 6.94. The summed E-state index contributed by atoms with van der Waals surface area (Å²) in [5.41, 5.74) is -0.614. The first kappa shape index (κ1) is 28.1. The molecule has 0 bridgehead atoms. The summed E-state index contributed by atoms with van der Waals surface area (Å²) in [5.74, 6) is -0.329. The van der Waals surface area contributed by atoms with Gasteiger partial charge in [-0.2, -0.15) is 0 Å². The van der Waals surface area contributed by atoms with Crippen molar-refractivity contribution in [1.82, 2.24) is 15.5 Å². The molecule has 2 saturated heterocycles. The molecule has 3 heterocycles. The number of hydrogen-bond acceptors (Lipinski definition) is 6. The van der Waals surface area contributed by atoms with Gasteiger partial charge in [-0.3, -0.25) is 9.59 Å². The third-order valence-corrected chi connectivity index (χ3v) is 7.49. The molecule has 2 spiro atoms. The molecular formula is C29H41N3O6. The minimum Gasteiger partial charge on any atom is -0.444 e. The van der Waals surface area contributed by atoms with E-state index in [0.717, 1.165) is 5.56 Å². The third-order valence-electron chi connectivity index (χ3n) is 7.49. The lowest BCUT2D eigenvalue weighted by Crippen LogP contribution is -2.62. The van der Waals surface area contributed by atoms with Crippen molar-refractivity contribution in [3.63, 3.8) is 0 Å². The molecule has 3 aliphatic heterocycles. The molecule has 2 fully saturated rings. The molecule has 0 aliphatic carbocycles. The summed E-state index contributed by atoms with van der Waals surface area (Å²) in [5, 5.41) is 6.39. The summed E-state index contributed by atoms with van der Waals surface area (Å²) >= 11 is 0. The molecular weight excluding hydrogens is 486 g/mol. The summed E-state index contributed by atoms with van der Waals surface area (Å²) in [6, 6.07) is 7.58. The van der Waals surface area contributed by atoms with Crippen LogP contribution in [0.25, 0.3) is 0 Å². The number of rotatable bonds is 0. The van der Waals surface area contributed by atoms with Crippen LogP contribution in [0.2, 0.25) is 0 Å². The van der Waals surface area contributed by atoms with Crippen molar-refractivity contribution in [3.05, 3.63) is 47.5 Å². The largest absolute Gasteiger partial charge is 0.444 e. The average molecular weight is 528 g/mol. The van der Waals surface area contributed by atoms with Crippen LogP contribution in [0.4, 0.5) is 4.79 Å². The molecule has 3 aliphatic rings. The predicted octanol–water partition coefficient (Wildman–Crippen LogP) is 3.23. The lowest BCUT2D eigenvalue weighted by atomic mass is 9.79. The average Bonchev–Trinajstić information content (AvgIpc) is 2.89.